The van der Waals surface area contributed by atoms with Gasteiger partial charge in [0.05, 0.1) is 22.9 Å². The minimum absolute atomic E-state index is 0.0907. The molecule has 1 aromatic carbocycles. The third-order valence-electron chi connectivity index (χ3n) is 6.14. The van der Waals surface area contributed by atoms with E-state index in [0.717, 1.165) is 0 Å². The molecule has 0 saturated heterocycles. The lowest BCUT2D eigenvalue weighted by molar-refractivity contribution is 0.0501. The Morgan fingerprint density at radius 1 is 0.969 bits per heavy atom. The van der Waals surface area contributed by atoms with E-state index in [9.17, 15) is 5.11 Å². The quantitative estimate of drug-likeness (QED) is 0.450. The number of aliphatic hydroxyl groups excluding tert-OH is 1. The van der Waals surface area contributed by atoms with Crippen LogP contribution in [0.25, 0.3) is 44.5 Å². The second-order valence-corrected chi connectivity index (χ2v) is 8.10. The second-order valence-electron chi connectivity index (χ2n) is 8.10. The molecular formula is C24H19FN6O. The van der Waals surface area contributed by atoms with E-state index in [4.69, 9.17) is 5.73 Å². The lowest BCUT2D eigenvalue weighted by atomic mass is 9.89. The molecule has 0 spiro atoms. The largest absolute Gasteiger partial charge is 0.393 e. The van der Waals surface area contributed by atoms with E-state index in [2.05, 4.69) is 19.9 Å². The van der Waals surface area contributed by atoms with Gasteiger partial charge in [0.1, 0.15) is 23.3 Å². The van der Waals surface area contributed by atoms with Gasteiger partial charge in [0.25, 0.3) is 0 Å². The summed E-state index contributed by atoms with van der Waals surface area (Å²) >= 11 is 0. The van der Waals surface area contributed by atoms with Gasteiger partial charge in [-0.2, -0.15) is 0 Å². The molecule has 0 radical (unpaired) electrons. The smallest absolute Gasteiger partial charge is 0.157 e. The van der Waals surface area contributed by atoms with Gasteiger partial charge >= 0.3 is 0 Å². The highest BCUT2D eigenvalue weighted by atomic mass is 19.1. The van der Waals surface area contributed by atoms with Crippen molar-refractivity contribution in [1.29, 1.82) is 0 Å². The van der Waals surface area contributed by atoms with Crippen LogP contribution in [0, 0.1) is 5.82 Å². The number of halogens is 1. The molecule has 0 amide bonds. The molecule has 3 N–H and O–H groups in total. The van der Waals surface area contributed by atoms with Crippen molar-refractivity contribution >= 4 is 27.8 Å². The lowest BCUT2D eigenvalue weighted by Crippen LogP contribution is -2.30. The van der Waals surface area contributed by atoms with Crippen molar-refractivity contribution in [3.05, 3.63) is 67.0 Å². The summed E-state index contributed by atoms with van der Waals surface area (Å²) in [6.07, 6.45) is 5.88. The third-order valence-corrected chi connectivity index (χ3v) is 6.14. The van der Waals surface area contributed by atoms with Crippen LogP contribution in [0.1, 0.15) is 18.9 Å². The Bertz CT molecular complexity index is 1480. The van der Waals surface area contributed by atoms with Crippen molar-refractivity contribution in [3.8, 4) is 22.5 Å². The summed E-state index contributed by atoms with van der Waals surface area (Å²) < 4.78 is 17.8. The number of nitrogens with two attached hydrogens (primary N) is 1. The van der Waals surface area contributed by atoms with E-state index in [0.29, 0.717) is 57.6 Å². The number of nitrogen functional groups attached to an aromatic ring is 1. The van der Waals surface area contributed by atoms with Gasteiger partial charge in [0.15, 0.2) is 5.82 Å². The average Bonchev–Trinajstić information content (AvgIpc) is 3.18. The van der Waals surface area contributed by atoms with Crippen molar-refractivity contribution in [3.63, 3.8) is 0 Å². The van der Waals surface area contributed by atoms with Crippen LogP contribution in [-0.4, -0.2) is 35.7 Å². The summed E-state index contributed by atoms with van der Waals surface area (Å²) in [6.45, 7) is 0. The van der Waals surface area contributed by atoms with Gasteiger partial charge in [-0.3, -0.25) is 4.98 Å². The minimum atomic E-state index is -0.434. The number of hydrogen-bond donors (Lipinski definition) is 2. The number of hydrogen-bond acceptors (Lipinski definition) is 6. The predicted molar refractivity (Wildman–Crippen MR) is 120 cm³/mol. The summed E-state index contributed by atoms with van der Waals surface area (Å²) in [5.41, 5.74) is 9.38. The first-order chi connectivity index (χ1) is 15.6. The molecule has 1 fully saturated rings. The topological polar surface area (TPSA) is 103 Å². The van der Waals surface area contributed by atoms with Crippen LogP contribution >= 0.6 is 0 Å². The molecule has 1 aliphatic carbocycles. The van der Waals surface area contributed by atoms with Gasteiger partial charge in [-0.25, -0.2) is 19.3 Å². The maximum atomic E-state index is 15.9. The van der Waals surface area contributed by atoms with Crippen LogP contribution in [-0.2, 0) is 0 Å². The second kappa shape index (κ2) is 7.06. The first-order valence-corrected chi connectivity index (χ1v) is 10.4. The molecule has 5 aromatic rings. The number of benzene rings is 1. The zero-order valence-electron chi connectivity index (χ0n) is 17.0. The van der Waals surface area contributed by atoms with Crippen LogP contribution < -0.4 is 5.73 Å². The van der Waals surface area contributed by atoms with Crippen LogP contribution in [0.15, 0.2) is 61.2 Å². The molecule has 32 heavy (non-hydrogen) atoms. The highest BCUT2D eigenvalue weighted by Crippen LogP contribution is 2.41. The molecule has 0 bridgehead atoms. The van der Waals surface area contributed by atoms with Crippen molar-refractivity contribution in [2.24, 2.45) is 0 Å². The van der Waals surface area contributed by atoms with Crippen molar-refractivity contribution in [2.45, 2.75) is 25.0 Å². The van der Waals surface area contributed by atoms with Gasteiger partial charge in [-0.15, -0.1) is 0 Å². The summed E-state index contributed by atoms with van der Waals surface area (Å²) in [5, 5.41) is 11.1. The standard InChI is InChI=1S/C24H19FN6O/c25-21-16(6-4-13-5-7-19(30-22(13)21)18-3-1-2-8-27-18)17-11-31(14-9-15(32)10-14)24-20(17)23(26)28-12-29-24/h1-8,11-12,14-15,32H,9-10H2,(H2,26,28,29). The predicted octanol–water partition coefficient (Wildman–Crippen LogP) is 4.13. The Labute approximate surface area is 182 Å². The molecule has 0 aliphatic heterocycles. The van der Waals surface area contributed by atoms with E-state index in [1.54, 1.807) is 12.3 Å². The van der Waals surface area contributed by atoms with E-state index in [1.165, 1.54) is 6.33 Å². The first-order valence-electron chi connectivity index (χ1n) is 10.4. The van der Waals surface area contributed by atoms with Crippen LogP contribution in [0.5, 0.6) is 0 Å². The molecule has 7 nitrogen and oxygen atoms in total. The molecular weight excluding hydrogens is 407 g/mol. The molecule has 158 valence electrons. The van der Waals surface area contributed by atoms with Crippen molar-refractivity contribution in [2.75, 3.05) is 5.73 Å². The van der Waals surface area contributed by atoms with Crippen LogP contribution in [0.3, 0.4) is 0 Å². The SMILES string of the molecule is Nc1ncnc2c1c(-c1ccc3ccc(-c4ccccn4)nc3c1F)cn2C1CC(O)C1. The van der Waals surface area contributed by atoms with Crippen molar-refractivity contribution in [1.82, 2.24) is 24.5 Å². The molecule has 0 atom stereocenters. The summed E-state index contributed by atoms with van der Waals surface area (Å²) in [7, 11) is 0. The van der Waals surface area contributed by atoms with E-state index in [-0.39, 0.29) is 17.7 Å². The number of aromatic nitrogens is 5. The Morgan fingerprint density at radius 2 is 1.81 bits per heavy atom. The normalized spacial score (nSPS) is 18.2. The Kier molecular flexibility index (Phi) is 4.16. The van der Waals surface area contributed by atoms with Crippen LogP contribution in [0.2, 0.25) is 0 Å². The number of nitrogens with zero attached hydrogens (tertiary/aromatic N) is 5. The van der Waals surface area contributed by atoms with Gasteiger partial charge < -0.3 is 15.4 Å². The van der Waals surface area contributed by atoms with E-state index in [1.807, 2.05) is 47.2 Å². The fourth-order valence-electron chi connectivity index (χ4n) is 4.40. The maximum absolute atomic E-state index is 15.9. The Hall–Kier alpha value is -3.91. The fourth-order valence-corrected chi connectivity index (χ4v) is 4.40. The zero-order chi connectivity index (χ0) is 21.8. The molecule has 1 aliphatic rings. The van der Waals surface area contributed by atoms with Crippen LogP contribution in [0.4, 0.5) is 10.2 Å². The third kappa shape index (κ3) is 2.84. The molecule has 4 aromatic heterocycles. The fraction of sp³-hybridized carbons (Fsp3) is 0.167. The van der Waals surface area contributed by atoms with E-state index < -0.39 is 5.82 Å². The molecule has 8 heteroatoms. The highest BCUT2D eigenvalue weighted by Gasteiger charge is 2.31. The molecule has 1 saturated carbocycles. The van der Waals surface area contributed by atoms with Gasteiger partial charge in [-0.1, -0.05) is 24.3 Å². The van der Waals surface area contributed by atoms with E-state index >= 15 is 4.39 Å². The molecule has 0 unspecified atom stereocenters. The summed E-state index contributed by atoms with van der Waals surface area (Å²) in [6, 6.07) is 12.9. The lowest BCUT2D eigenvalue weighted by Gasteiger charge is -2.32. The minimum Gasteiger partial charge on any atom is -0.393 e. The summed E-state index contributed by atoms with van der Waals surface area (Å²) in [4.78, 5) is 17.4. The number of aliphatic hydroxyl groups is 1. The molecule has 6 rings (SSSR count). The number of fused-ring (bicyclic) bond motifs is 2. The first kappa shape index (κ1) is 18.8. The number of pyridine rings is 2. The number of rotatable bonds is 3. The van der Waals surface area contributed by atoms with Gasteiger partial charge in [-0.05, 0) is 31.0 Å². The van der Waals surface area contributed by atoms with Gasteiger partial charge in [0.2, 0.25) is 0 Å². The van der Waals surface area contributed by atoms with Gasteiger partial charge in [0, 0.05) is 34.9 Å². The maximum Gasteiger partial charge on any atom is 0.157 e. The highest BCUT2D eigenvalue weighted by molar-refractivity contribution is 6.02. The van der Waals surface area contributed by atoms with Crippen molar-refractivity contribution < 1.29 is 9.50 Å². The summed E-state index contributed by atoms with van der Waals surface area (Å²) in [5.74, 6) is -0.144. The Morgan fingerprint density at radius 3 is 2.59 bits per heavy atom. The zero-order valence-corrected chi connectivity index (χ0v) is 17.0. The monoisotopic (exact) mass is 426 g/mol. The average molecular weight is 426 g/mol. The number of anilines is 1. The Balaban J connectivity index is 1.56. The molecule has 4 heterocycles.